The van der Waals surface area contributed by atoms with E-state index in [4.69, 9.17) is 4.74 Å². The highest BCUT2D eigenvalue weighted by molar-refractivity contribution is 5.89. The van der Waals surface area contributed by atoms with Gasteiger partial charge in [0.15, 0.2) is 0 Å². The zero-order valence-electron chi connectivity index (χ0n) is 13.1. The molecule has 1 aromatic rings. The molecule has 0 aliphatic carbocycles. The number of carbonyl (C=O) groups is 2. The SMILES string of the molecule is CC(C)[C@H](C(=O)N[C@@H]1CC(C)(C)OC1=O)c1ccccc1. The Labute approximate surface area is 125 Å². The average Bonchev–Trinajstić information content (AvgIpc) is 2.63. The third-order valence-electron chi connectivity index (χ3n) is 3.78. The van der Waals surface area contributed by atoms with Gasteiger partial charge in [-0.25, -0.2) is 4.79 Å². The second-order valence-corrected chi connectivity index (χ2v) is 6.58. The van der Waals surface area contributed by atoms with Crippen molar-refractivity contribution in [2.45, 2.75) is 51.7 Å². The third kappa shape index (κ3) is 3.63. The highest BCUT2D eigenvalue weighted by atomic mass is 16.6. The number of hydrogen-bond donors (Lipinski definition) is 1. The zero-order valence-corrected chi connectivity index (χ0v) is 13.1. The van der Waals surface area contributed by atoms with Crippen molar-refractivity contribution in [3.05, 3.63) is 35.9 Å². The van der Waals surface area contributed by atoms with Gasteiger partial charge in [0.2, 0.25) is 5.91 Å². The molecule has 0 bridgehead atoms. The molecule has 1 aliphatic heterocycles. The van der Waals surface area contributed by atoms with Gasteiger partial charge in [0, 0.05) is 6.42 Å². The van der Waals surface area contributed by atoms with Gasteiger partial charge in [-0.1, -0.05) is 44.2 Å². The van der Waals surface area contributed by atoms with Crippen molar-refractivity contribution in [2.75, 3.05) is 0 Å². The van der Waals surface area contributed by atoms with Gasteiger partial charge in [-0.2, -0.15) is 0 Å². The van der Waals surface area contributed by atoms with Crippen LogP contribution in [-0.4, -0.2) is 23.5 Å². The number of benzene rings is 1. The monoisotopic (exact) mass is 289 g/mol. The summed E-state index contributed by atoms with van der Waals surface area (Å²) in [5.74, 6) is -0.569. The van der Waals surface area contributed by atoms with Crippen LogP contribution >= 0.6 is 0 Å². The predicted molar refractivity (Wildman–Crippen MR) is 80.7 cm³/mol. The van der Waals surface area contributed by atoms with Crippen LogP contribution in [0.1, 0.15) is 45.6 Å². The first-order chi connectivity index (χ1) is 9.80. The number of rotatable bonds is 4. The summed E-state index contributed by atoms with van der Waals surface area (Å²) in [6.45, 7) is 7.73. The summed E-state index contributed by atoms with van der Waals surface area (Å²) in [7, 11) is 0. The maximum atomic E-state index is 12.6. The first-order valence-corrected chi connectivity index (χ1v) is 7.38. The van der Waals surface area contributed by atoms with Gasteiger partial charge in [-0.3, -0.25) is 4.79 Å². The van der Waals surface area contributed by atoms with E-state index in [0.717, 1.165) is 5.56 Å². The Kier molecular flexibility index (Phi) is 4.35. The van der Waals surface area contributed by atoms with E-state index in [9.17, 15) is 9.59 Å². The highest BCUT2D eigenvalue weighted by Crippen LogP contribution is 2.28. The molecular weight excluding hydrogens is 266 g/mol. The summed E-state index contributed by atoms with van der Waals surface area (Å²) in [4.78, 5) is 24.4. The first-order valence-electron chi connectivity index (χ1n) is 7.38. The Hall–Kier alpha value is -1.84. The van der Waals surface area contributed by atoms with Crippen molar-refractivity contribution in [3.8, 4) is 0 Å². The van der Waals surface area contributed by atoms with Crippen molar-refractivity contribution < 1.29 is 14.3 Å². The molecular formula is C17H23NO3. The van der Waals surface area contributed by atoms with Gasteiger partial charge in [-0.15, -0.1) is 0 Å². The second-order valence-electron chi connectivity index (χ2n) is 6.58. The van der Waals surface area contributed by atoms with Crippen molar-refractivity contribution >= 4 is 11.9 Å². The van der Waals surface area contributed by atoms with Crippen molar-refractivity contribution in [1.82, 2.24) is 5.32 Å². The minimum absolute atomic E-state index is 0.115. The van der Waals surface area contributed by atoms with E-state index in [1.54, 1.807) is 0 Å². The third-order valence-corrected chi connectivity index (χ3v) is 3.78. The number of cyclic esters (lactones) is 1. The number of ether oxygens (including phenoxy) is 1. The Morgan fingerprint density at radius 1 is 1.29 bits per heavy atom. The van der Waals surface area contributed by atoms with Crippen LogP contribution < -0.4 is 5.32 Å². The molecule has 1 amide bonds. The van der Waals surface area contributed by atoms with E-state index in [1.807, 2.05) is 58.0 Å². The van der Waals surface area contributed by atoms with Gasteiger partial charge >= 0.3 is 5.97 Å². The van der Waals surface area contributed by atoms with Gasteiger partial charge in [0.1, 0.15) is 11.6 Å². The average molecular weight is 289 g/mol. The van der Waals surface area contributed by atoms with Crippen molar-refractivity contribution in [3.63, 3.8) is 0 Å². The maximum absolute atomic E-state index is 12.6. The number of hydrogen-bond acceptors (Lipinski definition) is 3. The minimum atomic E-state index is -0.544. The lowest BCUT2D eigenvalue weighted by Gasteiger charge is -2.22. The molecule has 114 valence electrons. The summed E-state index contributed by atoms with van der Waals surface area (Å²) in [6.07, 6.45) is 0.511. The van der Waals surface area contributed by atoms with E-state index >= 15 is 0 Å². The van der Waals surface area contributed by atoms with E-state index in [1.165, 1.54) is 0 Å². The Morgan fingerprint density at radius 2 is 1.90 bits per heavy atom. The lowest BCUT2D eigenvalue weighted by molar-refractivity contribution is -0.148. The fourth-order valence-corrected chi connectivity index (χ4v) is 2.83. The molecule has 0 spiro atoms. The largest absolute Gasteiger partial charge is 0.458 e. The first kappa shape index (κ1) is 15.5. The van der Waals surface area contributed by atoms with Crippen LogP contribution in [0.2, 0.25) is 0 Å². The van der Waals surface area contributed by atoms with Crippen LogP contribution in [0.4, 0.5) is 0 Å². The van der Waals surface area contributed by atoms with E-state index in [0.29, 0.717) is 6.42 Å². The van der Waals surface area contributed by atoms with Crippen molar-refractivity contribution in [2.24, 2.45) is 5.92 Å². The van der Waals surface area contributed by atoms with E-state index in [-0.39, 0.29) is 23.7 Å². The summed E-state index contributed by atoms with van der Waals surface area (Å²) >= 11 is 0. The van der Waals surface area contributed by atoms with Crippen LogP contribution in [0.5, 0.6) is 0 Å². The molecule has 0 unspecified atom stereocenters. The van der Waals surface area contributed by atoms with Crippen LogP contribution in [0.15, 0.2) is 30.3 Å². The van der Waals surface area contributed by atoms with Gasteiger partial charge < -0.3 is 10.1 Å². The molecule has 0 saturated carbocycles. The molecule has 1 N–H and O–H groups in total. The topological polar surface area (TPSA) is 55.4 Å². The Morgan fingerprint density at radius 3 is 2.38 bits per heavy atom. The fourth-order valence-electron chi connectivity index (χ4n) is 2.83. The van der Waals surface area contributed by atoms with Gasteiger partial charge in [0.05, 0.1) is 5.92 Å². The quantitative estimate of drug-likeness (QED) is 0.867. The summed E-state index contributed by atoms with van der Waals surface area (Å²) in [6, 6.07) is 9.12. The predicted octanol–water partition coefficient (Wildman–Crippen LogP) is 2.64. The van der Waals surface area contributed by atoms with Gasteiger partial charge in [-0.05, 0) is 25.3 Å². The van der Waals surface area contributed by atoms with Gasteiger partial charge in [0.25, 0.3) is 0 Å². The number of nitrogens with one attached hydrogen (secondary N) is 1. The molecule has 1 heterocycles. The molecule has 2 rings (SSSR count). The molecule has 0 radical (unpaired) electrons. The lowest BCUT2D eigenvalue weighted by atomic mass is 9.87. The molecule has 0 aromatic heterocycles. The number of esters is 1. The Balaban J connectivity index is 2.12. The molecule has 1 fully saturated rings. The smallest absolute Gasteiger partial charge is 0.329 e. The number of amides is 1. The molecule has 1 aromatic carbocycles. The molecule has 2 atom stereocenters. The van der Waals surface area contributed by atoms with E-state index in [2.05, 4.69) is 5.32 Å². The maximum Gasteiger partial charge on any atom is 0.329 e. The number of carbonyl (C=O) groups excluding carboxylic acids is 2. The normalized spacial score (nSPS) is 22.0. The van der Waals surface area contributed by atoms with Crippen LogP contribution in [-0.2, 0) is 14.3 Å². The molecule has 1 saturated heterocycles. The Bertz CT molecular complexity index is 522. The standard InChI is InChI=1S/C17H23NO3/c1-11(2)14(12-8-6-5-7-9-12)15(19)18-13-10-17(3,4)21-16(13)20/h5-9,11,13-14H,10H2,1-4H3,(H,18,19)/t13-,14+/m1/s1. The lowest BCUT2D eigenvalue weighted by Crippen LogP contribution is -2.42. The van der Waals surface area contributed by atoms with E-state index < -0.39 is 11.6 Å². The molecule has 4 heteroatoms. The van der Waals surface area contributed by atoms with Crippen LogP contribution in [0.3, 0.4) is 0 Å². The fraction of sp³-hybridized carbons (Fsp3) is 0.529. The second kappa shape index (κ2) is 5.88. The molecule has 21 heavy (non-hydrogen) atoms. The minimum Gasteiger partial charge on any atom is -0.458 e. The molecule has 1 aliphatic rings. The molecule has 4 nitrogen and oxygen atoms in total. The highest BCUT2D eigenvalue weighted by Gasteiger charge is 2.41. The van der Waals surface area contributed by atoms with Crippen LogP contribution in [0.25, 0.3) is 0 Å². The van der Waals surface area contributed by atoms with Crippen LogP contribution in [0, 0.1) is 5.92 Å². The summed E-state index contributed by atoms with van der Waals surface area (Å²) in [5, 5.41) is 2.85. The summed E-state index contributed by atoms with van der Waals surface area (Å²) < 4.78 is 5.25. The van der Waals surface area contributed by atoms with Crippen molar-refractivity contribution in [1.29, 1.82) is 0 Å². The zero-order chi connectivity index (χ0) is 15.6. The summed E-state index contributed by atoms with van der Waals surface area (Å²) in [5.41, 5.74) is 0.463.